The minimum Gasteiger partial charge on any atom is -0.351 e. The molecule has 0 aliphatic carbocycles. The zero-order valence-corrected chi connectivity index (χ0v) is 18.5. The molecule has 0 bridgehead atoms. The molecule has 1 aromatic heterocycles. The zero-order valence-electron chi connectivity index (χ0n) is 17.6. The molecule has 1 N–H and O–H groups in total. The molecule has 0 spiro atoms. The van der Waals surface area contributed by atoms with E-state index >= 15 is 0 Å². The molecule has 0 aliphatic heterocycles. The highest BCUT2D eigenvalue weighted by Gasteiger charge is 2.21. The maximum atomic E-state index is 13.1. The standard InChI is InChI=1S/C21H28N4O4S/c1-4-6-10-22-20(26)17-14-30-19(23-17)13-24(11-7-5-2)21(27)16-9-8-15(3)18(12-16)25(28)29/h8-9,12,14H,4-7,10-11,13H2,1-3H3,(H,22,26). The van der Waals surface area contributed by atoms with Gasteiger partial charge < -0.3 is 10.2 Å². The molecule has 2 rings (SSSR count). The molecule has 2 aromatic rings. The second-order valence-corrected chi connectivity index (χ2v) is 8.02. The second-order valence-electron chi connectivity index (χ2n) is 7.07. The molecule has 2 amide bonds. The van der Waals surface area contributed by atoms with E-state index in [0.717, 1.165) is 25.7 Å². The number of nitrogens with zero attached hydrogens (tertiary/aromatic N) is 3. The molecule has 1 heterocycles. The first kappa shape index (κ1) is 23.5. The number of carbonyl (C=O) groups excluding carboxylic acids is 2. The largest absolute Gasteiger partial charge is 0.351 e. The van der Waals surface area contributed by atoms with E-state index in [1.165, 1.54) is 17.4 Å². The molecule has 0 aliphatic rings. The van der Waals surface area contributed by atoms with Gasteiger partial charge in [-0.25, -0.2) is 4.98 Å². The SMILES string of the molecule is CCCCNC(=O)c1csc(CN(CCCC)C(=O)c2ccc(C)c([N+](=O)[O-])c2)n1. The van der Waals surface area contributed by atoms with E-state index in [4.69, 9.17) is 0 Å². The number of nitrogens with one attached hydrogen (secondary N) is 1. The number of nitro groups is 1. The normalized spacial score (nSPS) is 10.6. The Morgan fingerprint density at radius 3 is 2.63 bits per heavy atom. The summed E-state index contributed by atoms with van der Waals surface area (Å²) >= 11 is 1.33. The molecule has 0 saturated carbocycles. The Morgan fingerprint density at radius 2 is 1.97 bits per heavy atom. The Labute approximate surface area is 180 Å². The fraction of sp³-hybridized carbons (Fsp3) is 0.476. The molecule has 0 atom stereocenters. The minimum absolute atomic E-state index is 0.0726. The fourth-order valence-electron chi connectivity index (χ4n) is 2.84. The van der Waals surface area contributed by atoms with Gasteiger partial charge in [-0.05, 0) is 25.8 Å². The minimum atomic E-state index is -0.479. The number of thiazole rings is 1. The highest BCUT2D eigenvalue weighted by Crippen LogP contribution is 2.22. The summed E-state index contributed by atoms with van der Waals surface area (Å²) in [5.74, 6) is -0.498. The summed E-state index contributed by atoms with van der Waals surface area (Å²) in [6.07, 6.45) is 3.61. The molecule has 30 heavy (non-hydrogen) atoms. The second kappa shape index (κ2) is 11.4. The number of benzene rings is 1. The van der Waals surface area contributed by atoms with Gasteiger partial charge in [-0.2, -0.15) is 0 Å². The van der Waals surface area contributed by atoms with Gasteiger partial charge in [0, 0.05) is 35.7 Å². The van der Waals surface area contributed by atoms with Crippen molar-refractivity contribution in [3.8, 4) is 0 Å². The Hall–Kier alpha value is -2.81. The molecule has 0 fully saturated rings. The topological polar surface area (TPSA) is 105 Å². The van der Waals surface area contributed by atoms with E-state index in [9.17, 15) is 19.7 Å². The summed E-state index contributed by atoms with van der Waals surface area (Å²) in [5.41, 5.74) is 1.06. The van der Waals surface area contributed by atoms with Crippen LogP contribution in [0.4, 0.5) is 5.69 Å². The molecule has 1 aromatic carbocycles. The van der Waals surface area contributed by atoms with Gasteiger partial charge >= 0.3 is 0 Å². The summed E-state index contributed by atoms with van der Waals surface area (Å²) in [4.78, 5) is 42.0. The van der Waals surface area contributed by atoms with Gasteiger partial charge in [0.2, 0.25) is 0 Å². The average Bonchev–Trinajstić information content (AvgIpc) is 3.19. The Kier molecular flexibility index (Phi) is 8.91. The van der Waals surface area contributed by atoms with Gasteiger partial charge in [0.1, 0.15) is 10.7 Å². The van der Waals surface area contributed by atoms with E-state index < -0.39 is 4.92 Å². The van der Waals surface area contributed by atoms with Crippen LogP contribution in [0.1, 0.15) is 70.9 Å². The third-order valence-corrected chi connectivity index (χ3v) is 5.48. The van der Waals surface area contributed by atoms with E-state index in [-0.39, 0.29) is 29.6 Å². The van der Waals surface area contributed by atoms with Crippen molar-refractivity contribution in [2.24, 2.45) is 0 Å². The van der Waals surface area contributed by atoms with Gasteiger partial charge in [-0.15, -0.1) is 11.3 Å². The summed E-state index contributed by atoms with van der Waals surface area (Å²) < 4.78 is 0. The van der Waals surface area contributed by atoms with Crippen LogP contribution in [0.25, 0.3) is 0 Å². The first-order valence-corrected chi connectivity index (χ1v) is 11.0. The van der Waals surface area contributed by atoms with Crippen LogP contribution in [0.2, 0.25) is 0 Å². The maximum Gasteiger partial charge on any atom is 0.273 e. The van der Waals surface area contributed by atoms with Gasteiger partial charge in [-0.3, -0.25) is 19.7 Å². The van der Waals surface area contributed by atoms with Gasteiger partial charge in [0.05, 0.1) is 11.5 Å². The molecule has 162 valence electrons. The molecule has 8 nitrogen and oxygen atoms in total. The van der Waals surface area contributed by atoms with Crippen LogP contribution in [-0.2, 0) is 6.54 Å². The lowest BCUT2D eigenvalue weighted by Crippen LogP contribution is -2.31. The lowest BCUT2D eigenvalue weighted by atomic mass is 10.1. The number of nitro benzene ring substituents is 1. The van der Waals surface area contributed by atoms with Crippen LogP contribution in [0.3, 0.4) is 0 Å². The third kappa shape index (κ3) is 6.35. The highest BCUT2D eigenvalue weighted by molar-refractivity contribution is 7.09. The van der Waals surface area contributed by atoms with Crippen LogP contribution in [0.5, 0.6) is 0 Å². The van der Waals surface area contributed by atoms with Crippen LogP contribution >= 0.6 is 11.3 Å². The van der Waals surface area contributed by atoms with Crippen LogP contribution < -0.4 is 5.32 Å². The Balaban J connectivity index is 2.16. The van der Waals surface area contributed by atoms with Crippen LogP contribution in [0.15, 0.2) is 23.6 Å². The van der Waals surface area contributed by atoms with Gasteiger partial charge in [0.25, 0.3) is 17.5 Å². The summed E-state index contributed by atoms with van der Waals surface area (Å²) in [7, 11) is 0. The summed E-state index contributed by atoms with van der Waals surface area (Å²) in [5, 5.41) is 16.4. The van der Waals surface area contributed by atoms with Gasteiger partial charge in [-0.1, -0.05) is 32.8 Å². The van der Waals surface area contributed by atoms with Crippen molar-refractivity contribution in [2.45, 2.75) is 53.0 Å². The van der Waals surface area contributed by atoms with Crippen molar-refractivity contribution in [1.82, 2.24) is 15.2 Å². The Bertz CT molecular complexity index is 897. The van der Waals surface area contributed by atoms with E-state index in [2.05, 4.69) is 17.2 Å². The number of aryl methyl sites for hydroxylation is 1. The van der Waals surface area contributed by atoms with Crippen LogP contribution in [-0.4, -0.2) is 39.7 Å². The third-order valence-electron chi connectivity index (χ3n) is 4.65. The monoisotopic (exact) mass is 432 g/mol. The van der Waals surface area contributed by atoms with Crippen LogP contribution in [0, 0.1) is 17.0 Å². The molecule has 0 radical (unpaired) electrons. The van der Waals surface area contributed by atoms with Crippen molar-refractivity contribution >= 4 is 28.8 Å². The molecule has 9 heteroatoms. The summed E-state index contributed by atoms with van der Waals surface area (Å²) in [6, 6.07) is 4.52. The number of hydrogen-bond acceptors (Lipinski definition) is 6. The predicted octanol–water partition coefficient (Wildman–Crippen LogP) is 4.33. The number of amides is 2. The first-order chi connectivity index (χ1) is 14.4. The lowest BCUT2D eigenvalue weighted by Gasteiger charge is -2.21. The van der Waals surface area contributed by atoms with E-state index in [0.29, 0.717) is 29.4 Å². The highest BCUT2D eigenvalue weighted by atomic mass is 32.1. The molecular formula is C21H28N4O4S. The molecule has 0 unspecified atom stereocenters. The lowest BCUT2D eigenvalue weighted by molar-refractivity contribution is -0.385. The number of carbonyl (C=O) groups is 2. The Morgan fingerprint density at radius 1 is 1.23 bits per heavy atom. The predicted molar refractivity (Wildman–Crippen MR) is 117 cm³/mol. The van der Waals surface area contributed by atoms with Crippen molar-refractivity contribution < 1.29 is 14.5 Å². The van der Waals surface area contributed by atoms with Crippen molar-refractivity contribution in [1.29, 1.82) is 0 Å². The maximum absolute atomic E-state index is 13.1. The fourth-order valence-corrected chi connectivity index (χ4v) is 3.63. The van der Waals surface area contributed by atoms with E-state index in [1.54, 1.807) is 29.3 Å². The number of rotatable bonds is 11. The van der Waals surface area contributed by atoms with Crippen molar-refractivity contribution in [3.63, 3.8) is 0 Å². The average molecular weight is 433 g/mol. The number of unbranched alkanes of at least 4 members (excludes halogenated alkanes) is 2. The molecular weight excluding hydrogens is 404 g/mol. The molecule has 0 saturated heterocycles. The zero-order chi connectivity index (χ0) is 22.1. The number of hydrogen-bond donors (Lipinski definition) is 1. The van der Waals surface area contributed by atoms with Gasteiger partial charge in [0.15, 0.2) is 0 Å². The number of aromatic nitrogens is 1. The first-order valence-electron chi connectivity index (χ1n) is 10.1. The van der Waals surface area contributed by atoms with Crippen molar-refractivity contribution in [3.05, 3.63) is 55.5 Å². The summed E-state index contributed by atoms with van der Waals surface area (Å²) in [6.45, 7) is 7.10. The van der Waals surface area contributed by atoms with Crippen molar-refractivity contribution in [2.75, 3.05) is 13.1 Å². The van der Waals surface area contributed by atoms with E-state index in [1.807, 2.05) is 6.92 Å². The quantitative estimate of drug-likeness (QED) is 0.323. The smallest absolute Gasteiger partial charge is 0.273 e.